The van der Waals surface area contributed by atoms with Crippen molar-refractivity contribution in [1.29, 1.82) is 0 Å². The number of rotatable bonds is 3. The Kier molecular flexibility index (Phi) is 2.76. The normalized spacial score (nSPS) is 15.6. The van der Waals surface area contributed by atoms with E-state index in [1.807, 2.05) is 6.92 Å². The van der Waals surface area contributed by atoms with Crippen LogP contribution in [0.15, 0.2) is 18.6 Å². The van der Waals surface area contributed by atoms with Crippen LogP contribution in [0.4, 0.5) is 0 Å². The second-order valence-corrected chi connectivity index (χ2v) is 2.88. The summed E-state index contributed by atoms with van der Waals surface area (Å²) < 4.78 is 5.37. The predicted molar refractivity (Wildman–Crippen MR) is 46.7 cm³/mol. The van der Waals surface area contributed by atoms with Gasteiger partial charge in [-0.1, -0.05) is 6.92 Å². The van der Waals surface area contributed by atoms with Crippen molar-refractivity contribution in [3.05, 3.63) is 24.3 Å². The minimum Gasteiger partial charge on any atom is -0.372 e. The molecule has 0 unspecified atom stereocenters. The molecule has 0 N–H and O–H groups in total. The first-order valence-corrected chi connectivity index (χ1v) is 4.04. The molecule has 1 aromatic heterocycles. The monoisotopic (exact) mass is 166 g/mol. The number of methoxy groups -OCH3 is 1. The smallest absolute Gasteiger partial charge is 0.108 e. The fourth-order valence-electron chi connectivity index (χ4n) is 1.00. The Labute approximate surface area is 72.8 Å². The first-order chi connectivity index (χ1) is 5.73. The van der Waals surface area contributed by atoms with Crippen molar-refractivity contribution >= 4 is 0 Å². The van der Waals surface area contributed by atoms with Crippen LogP contribution in [-0.2, 0) is 10.3 Å². The molecule has 0 spiro atoms. The standard InChI is InChI=1S/C9H14N2O/c1-4-9(2,12-3)8-7-10-5-6-11-8/h5-7H,4H2,1-3H3/t9-/m0/s1. The van der Waals surface area contributed by atoms with E-state index in [0.29, 0.717) is 0 Å². The van der Waals surface area contributed by atoms with E-state index < -0.39 is 0 Å². The van der Waals surface area contributed by atoms with Crippen molar-refractivity contribution in [3.63, 3.8) is 0 Å². The second-order valence-electron chi connectivity index (χ2n) is 2.88. The molecule has 1 atom stereocenters. The Morgan fingerprint density at radius 1 is 1.50 bits per heavy atom. The van der Waals surface area contributed by atoms with E-state index in [9.17, 15) is 0 Å². The minimum atomic E-state index is -0.297. The molecule has 0 saturated heterocycles. The molecule has 1 rings (SSSR count). The zero-order valence-electron chi connectivity index (χ0n) is 7.74. The number of ether oxygens (including phenoxy) is 1. The first-order valence-electron chi connectivity index (χ1n) is 4.04. The summed E-state index contributed by atoms with van der Waals surface area (Å²) in [6.07, 6.45) is 5.98. The molecule has 3 nitrogen and oxygen atoms in total. The molecule has 0 saturated carbocycles. The Morgan fingerprint density at radius 2 is 2.25 bits per heavy atom. The molecule has 66 valence electrons. The number of aromatic nitrogens is 2. The maximum atomic E-state index is 5.37. The van der Waals surface area contributed by atoms with Gasteiger partial charge in [-0.3, -0.25) is 9.97 Å². The van der Waals surface area contributed by atoms with E-state index in [1.54, 1.807) is 25.7 Å². The van der Waals surface area contributed by atoms with Crippen LogP contribution in [-0.4, -0.2) is 17.1 Å². The number of hydrogen-bond donors (Lipinski definition) is 0. The molecule has 3 heteroatoms. The summed E-state index contributed by atoms with van der Waals surface area (Å²) >= 11 is 0. The summed E-state index contributed by atoms with van der Waals surface area (Å²) in [5.74, 6) is 0. The second kappa shape index (κ2) is 3.63. The Hall–Kier alpha value is -0.960. The lowest BCUT2D eigenvalue weighted by molar-refractivity contribution is -0.00535. The molecule has 1 aromatic rings. The van der Waals surface area contributed by atoms with Gasteiger partial charge < -0.3 is 4.74 Å². The summed E-state index contributed by atoms with van der Waals surface area (Å²) in [6.45, 7) is 4.08. The molecule has 0 radical (unpaired) electrons. The van der Waals surface area contributed by atoms with E-state index in [2.05, 4.69) is 16.9 Å². The van der Waals surface area contributed by atoms with Crippen molar-refractivity contribution in [2.24, 2.45) is 0 Å². The quantitative estimate of drug-likeness (QED) is 0.686. The van der Waals surface area contributed by atoms with Gasteiger partial charge in [-0.2, -0.15) is 0 Å². The van der Waals surface area contributed by atoms with Gasteiger partial charge in [0.25, 0.3) is 0 Å². The van der Waals surface area contributed by atoms with Crippen LogP contribution < -0.4 is 0 Å². The van der Waals surface area contributed by atoms with Crippen LogP contribution in [0.25, 0.3) is 0 Å². The van der Waals surface area contributed by atoms with Crippen LogP contribution in [0.2, 0.25) is 0 Å². The molecule has 0 aliphatic carbocycles. The third-order valence-electron chi connectivity index (χ3n) is 2.23. The molecule has 0 bridgehead atoms. The highest BCUT2D eigenvalue weighted by atomic mass is 16.5. The van der Waals surface area contributed by atoms with E-state index in [0.717, 1.165) is 12.1 Å². The van der Waals surface area contributed by atoms with Crippen LogP contribution in [0, 0.1) is 0 Å². The first kappa shape index (κ1) is 9.13. The maximum Gasteiger partial charge on any atom is 0.108 e. The van der Waals surface area contributed by atoms with E-state index in [-0.39, 0.29) is 5.60 Å². The number of hydrogen-bond acceptors (Lipinski definition) is 3. The molecule has 0 amide bonds. The van der Waals surface area contributed by atoms with Crippen molar-refractivity contribution < 1.29 is 4.74 Å². The highest BCUT2D eigenvalue weighted by Crippen LogP contribution is 2.24. The topological polar surface area (TPSA) is 35.0 Å². The highest BCUT2D eigenvalue weighted by Gasteiger charge is 2.25. The van der Waals surface area contributed by atoms with Crippen molar-refractivity contribution in [2.45, 2.75) is 25.9 Å². The molecule has 0 fully saturated rings. The summed E-state index contributed by atoms with van der Waals surface area (Å²) in [5.41, 5.74) is 0.587. The molecule has 0 aliphatic rings. The summed E-state index contributed by atoms with van der Waals surface area (Å²) in [6, 6.07) is 0. The Balaban J connectivity index is 2.95. The highest BCUT2D eigenvalue weighted by molar-refractivity contribution is 5.06. The van der Waals surface area contributed by atoms with Crippen LogP contribution >= 0.6 is 0 Å². The van der Waals surface area contributed by atoms with Gasteiger partial charge in [-0.25, -0.2) is 0 Å². The van der Waals surface area contributed by atoms with Crippen molar-refractivity contribution in [2.75, 3.05) is 7.11 Å². The lowest BCUT2D eigenvalue weighted by atomic mass is 9.99. The van der Waals surface area contributed by atoms with E-state index in [4.69, 9.17) is 4.74 Å². The van der Waals surface area contributed by atoms with Crippen molar-refractivity contribution in [1.82, 2.24) is 9.97 Å². The zero-order chi connectivity index (χ0) is 9.03. The summed E-state index contributed by atoms with van der Waals surface area (Å²) in [4.78, 5) is 8.21. The average Bonchev–Trinajstić information content (AvgIpc) is 2.18. The van der Waals surface area contributed by atoms with Gasteiger partial charge in [0.15, 0.2) is 0 Å². The van der Waals surface area contributed by atoms with Crippen LogP contribution in [0.1, 0.15) is 26.0 Å². The molecular weight excluding hydrogens is 152 g/mol. The number of nitrogens with zero attached hydrogens (tertiary/aromatic N) is 2. The maximum absolute atomic E-state index is 5.37. The zero-order valence-corrected chi connectivity index (χ0v) is 7.74. The lowest BCUT2D eigenvalue weighted by Crippen LogP contribution is -2.24. The van der Waals surface area contributed by atoms with Gasteiger partial charge in [0.2, 0.25) is 0 Å². The van der Waals surface area contributed by atoms with Gasteiger partial charge in [0, 0.05) is 19.5 Å². The largest absolute Gasteiger partial charge is 0.372 e. The van der Waals surface area contributed by atoms with Gasteiger partial charge in [0.05, 0.1) is 11.9 Å². The summed E-state index contributed by atoms with van der Waals surface area (Å²) in [5, 5.41) is 0. The SMILES string of the molecule is CC[C@](C)(OC)c1cnccn1. The average molecular weight is 166 g/mol. The third-order valence-corrected chi connectivity index (χ3v) is 2.23. The van der Waals surface area contributed by atoms with Crippen molar-refractivity contribution in [3.8, 4) is 0 Å². The molecule has 0 aliphatic heterocycles. The lowest BCUT2D eigenvalue weighted by Gasteiger charge is -2.25. The van der Waals surface area contributed by atoms with Crippen LogP contribution in [0.5, 0.6) is 0 Å². The summed E-state index contributed by atoms with van der Waals surface area (Å²) in [7, 11) is 1.69. The van der Waals surface area contributed by atoms with E-state index in [1.165, 1.54) is 0 Å². The van der Waals surface area contributed by atoms with Gasteiger partial charge in [-0.15, -0.1) is 0 Å². The van der Waals surface area contributed by atoms with Gasteiger partial charge in [-0.05, 0) is 13.3 Å². The Morgan fingerprint density at radius 3 is 2.67 bits per heavy atom. The molecule has 12 heavy (non-hydrogen) atoms. The van der Waals surface area contributed by atoms with E-state index >= 15 is 0 Å². The Bertz CT molecular complexity index is 232. The fraction of sp³-hybridized carbons (Fsp3) is 0.556. The molecular formula is C9H14N2O. The van der Waals surface area contributed by atoms with Crippen LogP contribution in [0.3, 0.4) is 0 Å². The third kappa shape index (κ3) is 1.61. The fourth-order valence-corrected chi connectivity index (χ4v) is 1.00. The minimum absolute atomic E-state index is 0.297. The van der Waals surface area contributed by atoms with Gasteiger partial charge in [0.1, 0.15) is 5.60 Å². The predicted octanol–water partition coefficient (Wildman–Crippen LogP) is 1.75. The molecule has 1 heterocycles. The molecule has 0 aromatic carbocycles. The van der Waals surface area contributed by atoms with Gasteiger partial charge >= 0.3 is 0 Å².